The number of carbonyl (C=O) groups is 1. The van der Waals surface area contributed by atoms with Crippen LogP contribution in [0.25, 0.3) is 10.8 Å². The van der Waals surface area contributed by atoms with Crippen molar-refractivity contribution in [3.63, 3.8) is 0 Å². The summed E-state index contributed by atoms with van der Waals surface area (Å²) < 4.78 is 0. The molecule has 3 aliphatic rings. The number of amides is 2. The number of nitrogens with one attached hydrogen (secondary N) is 2. The molecule has 0 spiro atoms. The molecule has 2 N–H and O–H groups in total. The van der Waals surface area contributed by atoms with Crippen LogP contribution in [-0.2, 0) is 5.54 Å². The molecular formula is C21H27N3O. The maximum atomic E-state index is 12.6. The molecule has 1 unspecified atom stereocenters. The molecule has 2 aromatic rings. The summed E-state index contributed by atoms with van der Waals surface area (Å²) in [5.41, 5.74) is 0.706. The first-order valence-electron chi connectivity index (χ1n) is 9.31. The van der Waals surface area contributed by atoms with Gasteiger partial charge in [-0.3, -0.25) is 0 Å². The Bertz CT molecular complexity index is 778. The van der Waals surface area contributed by atoms with Crippen molar-refractivity contribution in [2.45, 2.75) is 38.3 Å². The zero-order valence-electron chi connectivity index (χ0n) is 15.1. The highest BCUT2D eigenvalue weighted by molar-refractivity contribution is 5.83. The summed E-state index contributed by atoms with van der Waals surface area (Å²) >= 11 is 0. The van der Waals surface area contributed by atoms with Gasteiger partial charge in [0.1, 0.15) is 0 Å². The molecule has 3 heterocycles. The van der Waals surface area contributed by atoms with Crippen LogP contribution in [0.3, 0.4) is 0 Å². The second kappa shape index (κ2) is 6.34. The van der Waals surface area contributed by atoms with Crippen molar-refractivity contribution in [1.82, 2.24) is 15.5 Å². The van der Waals surface area contributed by atoms with E-state index in [1.165, 1.54) is 36.7 Å². The Kier molecular flexibility index (Phi) is 4.16. The van der Waals surface area contributed by atoms with Gasteiger partial charge in [-0.2, -0.15) is 0 Å². The zero-order chi connectivity index (χ0) is 17.4. The van der Waals surface area contributed by atoms with Crippen LogP contribution in [0.4, 0.5) is 4.79 Å². The highest BCUT2D eigenvalue weighted by Crippen LogP contribution is 2.28. The third-order valence-corrected chi connectivity index (χ3v) is 5.87. The molecular weight excluding hydrogens is 310 g/mol. The molecule has 5 rings (SSSR count). The normalized spacial score (nSPS) is 25.8. The minimum Gasteiger partial charge on any atom is -0.334 e. The fourth-order valence-electron chi connectivity index (χ4n) is 4.27. The zero-order valence-corrected chi connectivity index (χ0v) is 15.1. The highest BCUT2D eigenvalue weighted by atomic mass is 16.2. The average Bonchev–Trinajstić information content (AvgIpc) is 2.62. The molecule has 3 aliphatic heterocycles. The first-order chi connectivity index (χ1) is 12.0. The Morgan fingerprint density at radius 1 is 1.08 bits per heavy atom. The van der Waals surface area contributed by atoms with E-state index >= 15 is 0 Å². The third kappa shape index (κ3) is 3.36. The summed E-state index contributed by atoms with van der Waals surface area (Å²) in [5, 5.41) is 8.82. The summed E-state index contributed by atoms with van der Waals surface area (Å²) in [6.07, 6.45) is 2.41. The monoisotopic (exact) mass is 337 g/mol. The minimum atomic E-state index is -0.415. The van der Waals surface area contributed by atoms with Crippen molar-refractivity contribution in [2.75, 3.05) is 19.6 Å². The van der Waals surface area contributed by atoms with Crippen molar-refractivity contribution >= 4 is 16.8 Å². The molecule has 2 bridgehead atoms. The van der Waals surface area contributed by atoms with Crippen LogP contribution in [0, 0.1) is 5.92 Å². The van der Waals surface area contributed by atoms with E-state index in [1.54, 1.807) is 0 Å². The van der Waals surface area contributed by atoms with Gasteiger partial charge in [0, 0.05) is 12.6 Å². The maximum absolute atomic E-state index is 12.6. The van der Waals surface area contributed by atoms with Gasteiger partial charge in [-0.25, -0.2) is 4.79 Å². The molecule has 132 valence electrons. The standard InChI is InChI=1S/C21H27N3O/c1-21(2,18-8-7-15-5-3-4-6-17(15)13-18)23-20(25)22-19-14-24-11-9-16(19)10-12-24/h3-8,13,16,19H,9-12,14H2,1-2H3,(H2,22,23,25). The van der Waals surface area contributed by atoms with Crippen LogP contribution in [0.1, 0.15) is 32.3 Å². The Morgan fingerprint density at radius 3 is 2.48 bits per heavy atom. The molecule has 0 saturated carbocycles. The van der Waals surface area contributed by atoms with Gasteiger partial charge in [0.15, 0.2) is 0 Å². The Balaban J connectivity index is 1.45. The van der Waals surface area contributed by atoms with Crippen molar-refractivity contribution in [1.29, 1.82) is 0 Å². The van der Waals surface area contributed by atoms with Gasteiger partial charge in [0.25, 0.3) is 0 Å². The van der Waals surface area contributed by atoms with Crippen molar-refractivity contribution in [3.8, 4) is 0 Å². The van der Waals surface area contributed by atoms with Crippen LogP contribution in [0.2, 0.25) is 0 Å². The number of fused-ring (bicyclic) bond motifs is 4. The van der Waals surface area contributed by atoms with E-state index in [1.807, 2.05) is 12.1 Å². The number of nitrogens with zero attached hydrogens (tertiary/aromatic N) is 1. The predicted octanol–water partition coefficient (Wildman–Crippen LogP) is 3.47. The first-order valence-corrected chi connectivity index (χ1v) is 9.31. The smallest absolute Gasteiger partial charge is 0.315 e. The predicted molar refractivity (Wildman–Crippen MR) is 102 cm³/mol. The SMILES string of the molecule is CC(C)(NC(=O)NC1CN2CCC1CC2)c1ccc2ccccc2c1. The van der Waals surface area contributed by atoms with Gasteiger partial charge in [-0.1, -0.05) is 36.4 Å². The van der Waals surface area contributed by atoms with E-state index in [0.717, 1.165) is 12.1 Å². The molecule has 1 atom stereocenters. The third-order valence-electron chi connectivity index (χ3n) is 5.87. The topological polar surface area (TPSA) is 44.4 Å². The van der Waals surface area contributed by atoms with E-state index in [-0.39, 0.29) is 12.1 Å². The van der Waals surface area contributed by atoms with E-state index in [9.17, 15) is 4.79 Å². The van der Waals surface area contributed by atoms with Crippen LogP contribution in [0.5, 0.6) is 0 Å². The van der Waals surface area contributed by atoms with Crippen LogP contribution < -0.4 is 10.6 Å². The summed E-state index contributed by atoms with van der Waals surface area (Å²) in [6.45, 7) is 7.50. The maximum Gasteiger partial charge on any atom is 0.315 e. The Hall–Kier alpha value is -2.07. The van der Waals surface area contributed by atoms with E-state index < -0.39 is 5.54 Å². The van der Waals surface area contributed by atoms with Crippen LogP contribution >= 0.6 is 0 Å². The molecule has 0 aromatic heterocycles. The van der Waals surface area contributed by atoms with Gasteiger partial charge < -0.3 is 15.5 Å². The molecule has 3 fully saturated rings. The molecule has 4 heteroatoms. The lowest BCUT2D eigenvalue weighted by Gasteiger charge is -2.45. The molecule has 0 aliphatic carbocycles. The Morgan fingerprint density at radius 2 is 1.80 bits per heavy atom. The van der Waals surface area contributed by atoms with Gasteiger partial charge in [-0.15, -0.1) is 0 Å². The van der Waals surface area contributed by atoms with Gasteiger partial charge in [0.05, 0.1) is 5.54 Å². The van der Waals surface area contributed by atoms with Crippen molar-refractivity contribution in [2.24, 2.45) is 5.92 Å². The lowest BCUT2D eigenvalue weighted by molar-refractivity contribution is 0.0760. The second-order valence-corrected chi connectivity index (χ2v) is 8.03. The number of carbonyl (C=O) groups excluding carboxylic acids is 1. The summed E-state index contributed by atoms with van der Waals surface area (Å²) in [5.74, 6) is 0.638. The molecule has 0 radical (unpaired) electrons. The molecule has 2 amide bonds. The lowest BCUT2D eigenvalue weighted by Crippen LogP contribution is -2.60. The first kappa shape index (κ1) is 16.4. The number of hydrogen-bond acceptors (Lipinski definition) is 2. The van der Waals surface area contributed by atoms with Crippen LogP contribution in [-0.4, -0.2) is 36.6 Å². The minimum absolute atomic E-state index is 0.0584. The van der Waals surface area contributed by atoms with Gasteiger partial charge in [0.2, 0.25) is 0 Å². The van der Waals surface area contributed by atoms with E-state index in [2.05, 4.69) is 59.7 Å². The number of piperidine rings is 3. The summed E-state index contributed by atoms with van der Waals surface area (Å²) in [7, 11) is 0. The number of urea groups is 1. The molecule has 25 heavy (non-hydrogen) atoms. The number of benzene rings is 2. The summed E-state index contributed by atoms with van der Waals surface area (Å²) in [6, 6.07) is 15.0. The Labute approximate surface area is 149 Å². The lowest BCUT2D eigenvalue weighted by atomic mass is 9.84. The molecule has 3 saturated heterocycles. The number of hydrogen-bond donors (Lipinski definition) is 2. The van der Waals surface area contributed by atoms with E-state index in [4.69, 9.17) is 0 Å². The molecule has 2 aromatic carbocycles. The largest absolute Gasteiger partial charge is 0.334 e. The van der Waals surface area contributed by atoms with Crippen LogP contribution in [0.15, 0.2) is 42.5 Å². The number of rotatable bonds is 3. The van der Waals surface area contributed by atoms with Gasteiger partial charge >= 0.3 is 6.03 Å². The molecule has 4 nitrogen and oxygen atoms in total. The second-order valence-electron chi connectivity index (χ2n) is 8.03. The van der Waals surface area contributed by atoms with E-state index in [0.29, 0.717) is 5.92 Å². The van der Waals surface area contributed by atoms with Crippen molar-refractivity contribution in [3.05, 3.63) is 48.0 Å². The van der Waals surface area contributed by atoms with Crippen molar-refractivity contribution < 1.29 is 4.79 Å². The highest BCUT2D eigenvalue weighted by Gasteiger charge is 2.35. The fraction of sp³-hybridized carbons (Fsp3) is 0.476. The van der Waals surface area contributed by atoms with Gasteiger partial charge in [-0.05, 0) is 68.1 Å². The summed E-state index contributed by atoms with van der Waals surface area (Å²) in [4.78, 5) is 15.1. The fourth-order valence-corrected chi connectivity index (χ4v) is 4.27. The average molecular weight is 337 g/mol. The quantitative estimate of drug-likeness (QED) is 0.901.